The van der Waals surface area contributed by atoms with Crippen LogP contribution in [0, 0.1) is 5.92 Å². The van der Waals surface area contributed by atoms with Crippen molar-refractivity contribution in [1.29, 1.82) is 0 Å². The number of guanidine groups is 1. The van der Waals surface area contributed by atoms with E-state index in [0.717, 1.165) is 64.7 Å². The fourth-order valence-electron chi connectivity index (χ4n) is 4.32. The fourth-order valence-corrected chi connectivity index (χ4v) is 5.05. The van der Waals surface area contributed by atoms with Crippen molar-refractivity contribution in [2.45, 2.75) is 58.5 Å². The second-order valence-electron chi connectivity index (χ2n) is 8.53. The van der Waals surface area contributed by atoms with E-state index in [1.165, 1.54) is 36.4 Å². The van der Waals surface area contributed by atoms with Gasteiger partial charge in [-0.3, -0.25) is 14.8 Å². The summed E-state index contributed by atoms with van der Waals surface area (Å²) in [5, 5.41) is 10.6. The van der Waals surface area contributed by atoms with E-state index in [1.54, 1.807) is 11.3 Å². The number of piperidine rings is 2. The number of hydrogen-bond acceptors (Lipinski definition) is 5. The van der Waals surface area contributed by atoms with Crippen LogP contribution < -0.4 is 10.6 Å². The third kappa shape index (κ3) is 7.36. The lowest BCUT2D eigenvalue weighted by Crippen LogP contribution is -2.48. The molecule has 0 unspecified atom stereocenters. The first-order chi connectivity index (χ1) is 14.7. The van der Waals surface area contributed by atoms with Crippen molar-refractivity contribution in [1.82, 2.24) is 25.4 Å². The van der Waals surface area contributed by atoms with Crippen LogP contribution in [0.15, 0.2) is 23.0 Å². The Kier molecular flexibility index (Phi) is 9.62. The number of likely N-dealkylation sites (tertiary alicyclic amines) is 2. The van der Waals surface area contributed by atoms with E-state index in [-0.39, 0.29) is 0 Å². The topological polar surface area (TPSA) is 55.8 Å². The van der Waals surface area contributed by atoms with Crippen LogP contribution in [0.25, 0.3) is 0 Å². The number of hydrogen-bond donors (Lipinski definition) is 2. The van der Waals surface area contributed by atoms with E-state index in [1.807, 2.05) is 6.08 Å². The van der Waals surface area contributed by atoms with Gasteiger partial charge in [-0.25, -0.2) is 4.98 Å². The molecule has 0 amide bonds. The van der Waals surface area contributed by atoms with E-state index in [9.17, 15) is 0 Å². The molecule has 6 nitrogen and oxygen atoms in total. The van der Waals surface area contributed by atoms with Gasteiger partial charge in [0.05, 0.1) is 10.7 Å². The average molecular weight is 433 g/mol. The highest BCUT2D eigenvalue weighted by Gasteiger charge is 2.21. The van der Waals surface area contributed by atoms with Crippen LogP contribution in [-0.2, 0) is 13.0 Å². The molecule has 0 saturated carbocycles. The fraction of sp³-hybridized carbons (Fsp3) is 0.739. The van der Waals surface area contributed by atoms with Gasteiger partial charge in [-0.15, -0.1) is 17.9 Å². The Morgan fingerprint density at radius 3 is 2.57 bits per heavy atom. The van der Waals surface area contributed by atoms with Crippen LogP contribution in [0.3, 0.4) is 0 Å². The smallest absolute Gasteiger partial charge is 0.191 e. The molecular formula is C23H40N6S. The molecule has 0 aliphatic carbocycles. The zero-order valence-corrected chi connectivity index (χ0v) is 19.7. The number of nitrogens with one attached hydrogen (secondary N) is 2. The summed E-state index contributed by atoms with van der Waals surface area (Å²) < 4.78 is 0. The molecule has 0 atom stereocenters. The minimum Gasteiger partial charge on any atom is -0.357 e. The minimum absolute atomic E-state index is 0.525. The highest BCUT2D eigenvalue weighted by molar-refractivity contribution is 7.09. The maximum Gasteiger partial charge on any atom is 0.191 e. The van der Waals surface area contributed by atoms with Gasteiger partial charge >= 0.3 is 0 Å². The molecule has 2 saturated heterocycles. The van der Waals surface area contributed by atoms with Crippen LogP contribution in [0.5, 0.6) is 0 Å². The van der Waals surface area contributed by atoms with E-state index in [2.05, 4.69) is 46.2 Å². The average Bonchev–Trinajstić information content (AvgIpc) is 3.22. The summed E-state index contributed by atoms with van der Waals surface area (Å²) in [6, 6.07) is 0.525. The maximum atomic E-state index is 4.95. The molecule has 3 rings (SSSR count). The van der Waals surface area contributed by atoms with E-state index in [0.29, 0.717) is 12.0 Å². The summed E-state index contributed by atoms with van der Waals surface area (Å²) in [6.07, 6.45) is 7.85. The van der Waals surface area contributed by atoms with Crippen LogP contribution in [0.2, 0.25) is 0 Å². The molecule has 2 aliphatic rings. The largest absolute Gasteiger partial charge is 0.357 e. The van der Waals surface area contributed by atoms with Crippen molar-refractivity contribution in [2.75, 3.05) is 45.8 Å². The zero-order chi connectivity index (χ0) is 21.2. The Labute approximate surface area is 186 Å². The molecule has 3 heterocycles. The number of nitrogens with zero attached hydrogens (tertiary/aromatic N) is 4. The second-order valence-corrected chi connectivity index (χ2v) is 9.48. The number of aryl methyl sites for hydroxylation is 1. The molecule has 2 aliphatic heterocycles. The molecule has 0 spiro atoms. The van der Waals surface area contributed by atoms with Gasteiger partial charge in [0.1, 0.15) is 0 Å². The van der Waals surface area contributed by atoms with Crippen LogP contribution >= 0.6 is 11.3 Å². The SMILES string of the molecule is C=CCN1CCC(NC(=NCC2CCN(Cc3csc(CC)n3)CC2)NCC)CC1. The van der Waals surface area contributed by atoms with Gasteiger partial charge in [0.25, 0.3) is 0 Å². The van der Waals surface area contributed by atoms with Gasteiger partial charge in [-0.05, 0) is 58.0 Å². The van der Waals surface area contributed by atoms with Crippen molar-refractivity contribution >= 4 is 17.3 Å². The van der Waals surface area contributed by atoms with Crippen molar-refractivity contribution in [2.24, 2.45) is 10.9 Å². The molecule has 168 valence electrons. The van der Waals surface area contributed by atoms with Crippen LogP contribution in [0.1, 0.15) is 50.2 Å². The van der Waals surface area contributed by atoms with Gasteiger partial charge < -0.3 is 10.6 Å². The van der Waals surface area contributed by atoms with Gasteiger partial charge in [0.2, 0.25) is 0 Å². The lowest BCUT2D eigenvalue weighted by molar-refractivity contribution is 0.179. The van der Waals surface area contributed by atoms with Crippen molar-refractivity contribution in [3.8, 4) is 0 Å². The monoisotopic (exact) mass is 432 g/mol. The van der Waals surface area contributed by atoms with Crippen LogP contribution in [0.4, 0.5) is 0 Å². The molecule has 2 fully saturated rings. The number of thiazole rings is 1. The molecule has 0 aromatic carbocycles. The van der Waals surface area contributed by atoms with Crippen LogP contribution in [-0.4, -0.2) is 72.6 Å². The lowest BCUT2D eigenvalue weighted by Gasteiger charge is -2.33. The van der Waals surface area contributed by atoms with Crippen molar-refractivity contribution in [3.05, 3.63) is 28.7 Å². The lowest BCUT2D eigenvalue weighted by atomic mass is 9.97. The minimum atomic E-state index is 0.525. The van der Waals surface area contributed by atoms with E-state index < -0.39 is 0 Å². The molecular weight excluding hydrogens is 392 g/mol. The Morgan fingerprint density at radius 2 is 1.93 bits per heavy atom. The Balaban J connectivity index is 1.40. The van der Waals surface area contributed by atoms with E-state index >= 15 is 0 Å². The summed E-state index contributed by atoms with van der Waals surface area (Å²) in [5.41, 5.74) is 1.24. The van der Waals surface area contributed by atoms with Gasteiger partial charge in [0, 0.05) is 50.7 Å². The maximum absolute atomic E-state index is 4.95. The summed E-state index contributed by atoms with van der Waals surface area (Å²) >= 11 is 1.79. The van der Waals surface area contributed by atoms with Crippen molar-refractivity contribution < 1.29 is 0 Å². The Hall–Kier alpha value is -1.44. The molecule has 0 radical (unpaired) electrons. The highest BCUT2D eigenvalue weighted by atomic mass is 32.1. The molecule has 7 heteroatoms. The zero-order valence-electron chi connectivity index (χ0n) is 18.9. The van der Waals surface area contributed by atoms with Gasteiger partial charge in [-0.1, -0.05) is 13.0 Å². The summed E-state index contributed by atoms with van der Waals surface area (Å²) in [7, 11) is 0. The molecule has 2 N–H and O–H groups in total. The Morgan fingerprint density at radius 1 is 1.20 bits per heavy atom. The molecule has 30 heavy (non-hydrogen) atoms. The summed E-state index contributed by atoms with van der Waals surface area (Å²) in [6.45, 7) is 16.6. The molecule has 1 aromatic heterocycles. The highest BCUT2D eigenvalue weighted by Crippen LogP contribution is 2.20. The number of aromatic nitrogens is 1. The summed E-state index contributed by atoms with van der Waals surface area (Å²) in [5.74, 6) is 1.68. The quantitative estimate of drug-likeness (QED) is 0.357. The molecule has 0 bridgehead atoms. The second kappa shape index (κ2) is 12.4. The Bertz CT molecular complexity index is 656. The normalized spacial score (nSPS) is 20.4. The summed E-state index contributed by atoms with van der Waals surface area (Å²) in [4.78, 5) is 14.7. The first-order valence-corrected chi connectivity index (χ1v) is 12.6. The predicted octanol–water partition coefficient (Wildman–Crippen LogP) is 3.12. The van der Waals surface area contributed by atoms with E-state index in [4.69, 9.17) is 9.98 Å². The number of aliphatic imine (C=N–C) groups is 1. The van der Waals surface area contributed by atoms with Crippen molar-refractivity contribution in [3.63, 3.8) is 0 Å². The first kappa shape index (κ1) is 23.2. The third-order valence-electron chi connectivity index (χ3n) is 6.16. The standard InChI is InChI=1S/C23H40N6S/c1-4-11-28-14-9-20(10-15-28)27-23(24-6-3)25-16-19-7-12-29(13-8-19)17-21-18-30-22(5-2)26-21/h4,18-20H,1,5-17H2,2-3H3,(H2,24,25,27). The molecule has 1 aromatic rings. The predicted molar refractivity (Wildman–Crippen MR) is 128 cm³/mol. The van der Waals surface area contributed by atoms with Gasteiger partial charge in [0.15, 0.2) is 5.96 Å². The number of rotatable bonds is 9. The third-order valence-corrected chi connectivity index (χ3v) is 7.20. The van der Waals surface area contributed by atoms with Gasteiger partial charge in [-0.2, -0.15) is 0 Å². The first-order valence-electron chi connectivity index (χ1n) is 11.7.